The predicted octanol–water partition coefficient (Wildman–Crippen LogP) is 4.23. The first-order valence-corrected chi connectivity index (χ1v) is 7.40. The third-order valence-electron chi connectivity index (χ3n) is 3.55. The van der Waals surface area contributed by atoms with Crippen LogP contribution in [-0.4, -0.2) is 25.1 Å². The molecule has 2 N–H and O–H groups in total. The topological polar surface area (TPSA) is 63.3 Å². The second-order valence-corrected chi connectivity index (χ2v) is 5.46. The van der Waals surface area contributed by atoms with E-state index in [1.807, 2.05) is 0 Å². The number of anilines is 1. The van der Waals surface area contributed by atoms with Gasteiger partial charge in [-0.25, -0.2) is 4.39 Å². The molecule has 0 saturated carbocycles. The molecule has 0 atom stereocenters. The molecule has 0 aliphatic carbocycles. The molecular weight excluding hydrogens is 335 g/mol. The monoisotopic (exact) mass is 348 g/mol. The van der Waals surface area contributed by atoms with Crippen molar-refractivity contribution in [2.75, 3.05) is 19.5 Å². The number of halogens is 2. The third kappa shape index (κ3) is 3.00. The quantitative estimate of drug-likeness (QED) is 0.741. The van der Waals surface area contributed by atoms with Gasteiger partial charge in [-0.1, -0.05) is 11.6 Å². The lowest BCUT2D eigenvalue weighted by molar-refractivity contribution is 0.102. The SMILES string of the molecule is COc1cc(NC(=O)c2cc3cc(F)ccc3[nH]2)c(OC)cc1Cl. The van der Waals surface area contributed by atoms with Crippen molar-refractivity contribution in [3.8, 4) is 11.5 Å². The number of aromatic amines is 1. The van der Waals surface area contributed by atoms with Crippen LogP contribution in [-0.2, 0) is 0 Å². The number of fused-ring (bicyclic) bond motifs is 1. The third-order valence-corrected chi connectivity index (χ3v) is 3.84. The fourth-order valence-electron chi connectivity index (χ4n) is 2.37. The zero-order valence-electron chi connectivity index (χ0n) is 12.9. The van der Waals surface area contributed by atoms with E-state index in [-0.39, 0.29) is 5.82 Å². The molecule has 1 amide bonds. The van der Waals surface area contributed by atoms with Crippen LogP contribution < -0.4 is 14.8 Å². The molecule has 124 valence electrons. The smallest absolute Gasteiger partial charge is 0.272 e. The summed E-state index contributed by atoms with van der Waals surface area (Å²) in [5, 5.41) is 3.71. The molecule has 5 nitrogen and oxygen atoms in total. The highest BCUT2D eigenvalue weighted by Gasteiger charge is 2.15. The van der Waals surface area contributed by atoms with E-state index in [1.54, 1.807) is 24.3 Å². The molecule has 2 aromatic carbocycles. The standard InChI is InChI=1S/C17H14ClFN2O3/c1-23-15-8-13(16(24-2)7-11(15)18)21-17(22)14-6-9-5-10(19)3-4-12(9)20-14/h3-8,20H,1-2H3,(H,21,22). The number of carbonyl (C=O) groups is 1. The van der Waals surface area contributed by atoms with E-state index >= 15 is 0 Å². The van der Waals surface area contributed by atoms with E-state index in [0.717, 1.165) is 0 Å². The van der Waals surface area contributed by atoms with Crippen LogP contribution in [0.4, 0.5) is 10.1 Å². The Morgan fingerprint density at radius 1 is 1.12 bits per heavy atom. The molecule has 3 rings (SSSR count). The first-order valence-electron chi connectivity index (χ1n) is 7.03. The molecule has 0 aliphatic rings. The molecular formula is C17H14ClFN2O3. The summed E-state index contributed by atoms with van der Waals surface area (Å²) in [6.07, 6.45) is 0. The molecule has 1 heterocycles. The Labute approximate surface area is 142 Å². The van der Waals surface area contributed by atoms with Crippen molar-refractivity contribution in [3.05, 3.63) is 52.9 Å². The van der Waals surface area contributed by atoms with Gasteiger partial charge in [-0.2, -0.15) is 0 Å². The molecule has 7 heteroatoms. The van der Waals surface area contributed by atoms with Crippen LogP contribution >= 0.6 is 11.6 Å². The minimum atomic E-state index is -0.394. The number of methoxy groups -OCH3 is 2. The average molecular weight is 349 g/mol. The highest BCUT2D eigenvalue weighted by Crippen LogP contribution is 2.36. The van der Waals surface area contributed by atoms with Gasteiger partial charge in [0.2, 0.25) is 0 Å². The van der Waals surface area contributed by atoms with Gasteiger partial charge in [-0.05, 0) is 24.3 Å². The maximum atomic E-state index is 13.3. The minimum absolute atomic E-state index is 0.298. The van der Waals surface area contributed by atoms with Gasteiger partial charge in [-0.15, -0.1) is 0 Å². The second kappa shape index (κ2) is 6.41. The number of H-pyrrole nitrogens is 1. The van der Waals surface area contributed by atoms with Crippen LogP contribution in [0, 0.1) is 5.82 Å². The normalized spacial score (nSPS) is 10.7. The molecule has 0 saturated heterocycles. The second-order valence-electron chi connectivity index (χ2n) is 5.06. The molecule has 0 fully saturated rings. The van der Waals surface area contributed by atoms with E-state index in [2.05, 4.69) is 10.3 Å². The number of nitrogens with one attached hydrogen (secondary N) is 2. The first-order chi connectivity index (χ1) is 11.5. The fraction of sp³-hybridized carbons (Fsp3) is 0.118. The molecule has 1 aromatic heterocycles. The Bertz CT molecular complexity index is 924. The average Bonchev–Trinajstić information content (AvgIpc) is 2.99. The lowest BCUT2D eigenvalue weighted by Gasteiger charge is -2.12. The van der Waals surface area contributed by atoms with Gasteiger partial charge in [0.15, 0.2) is 0 Å². The van der Waals surface area contributed by atoms with E-state index in [9.17, 15) is 9.18 Å². The van der Waals surface area contributed by atoms with Crippen LogP contribution in [0.1, 0.15) is 10.5 Å². The predicted molar refractivity (Wildman–Crippen MR) is 90.8 cm³/mol. The van der Waals surface area contributed by atoms with Crippen LogP contribution in [0.5, 0.6) is 11.5 Å². The van der Waals surface area contributed by atoms with E-state index in [0.29, 0.717) is 38.8 Å². The van der Waals surface area contributed by atoms with Gasteiger partial charge < -0.3 is 19.8 Å². The van der Waals surface area contributed by atoms with E-state index in [4.69, 9.17) is 21.1 Å². The Balaban J connectivity index is 1.93. The van der Waals surface area contributed by atoms with Crippen molar-refractivity contribution in [2.45, 2.75) is 0 Å². The zero-order valence-corrected chi connectivity index (χ0v) is 13.7. The number of amides is 1. The van der Waals surface area contributed by atoms with Gasteiger partial charge in [0.1, 0.15) is 23.0 Å². The Morgan fingerprint density at radius 3 is 2.58 bits per heavy atom. The van der Waals surface area contributed by atoms with Crippen LogP contribution in [0.15, 0.2) is 36.4 Å². The molecule has 0 unspecified atom stereocenters. The van der Waals surface area contributed by atoms with Crippen molar-refractivity contribution in [1.29, 1.82) is 0 Å². The lowest BCUT2D eigenvalue weighted by atomic mass is 10.2. The Hall–Kier alpha value is -2.73. The number of aromatic nitrogens is 1. The first kappa shape index (κ1) is 16.1. The van der Waals surface area contributed by atoms with Gasteiger partial charge in [0.05, 0.1) is 24.9 Å². The van der Waals surface area contributed by atoms with Gasteiger partial charge in [-0.3, -0.25) is 4.79 Å². The van der Waals surface area contributed by atoms with Crippen LogP contribution in [0.25, 0.3) is 10.9 Å². The number of ether oxygens (including phenoxy) is 2. The summed E-state index contributed by atoms with van der Waals surface area (Å²) in [5.74, 6) is 0.0506. The summed E-state index contributed by atoms with van der Waals surface area (Å²) in [6.45, 7) is 0. The minimum Gasteiger partial charge on any atom is -0.495 e. The molecule has 0 aliphatic heterocycles. The Morgan fingerprint density at radius 2 is 1.88 bits per heavy atom. The molecule has 0 spiro atoms. The largest absolute Gasteiger partial charge is 0.495 e. The lowest BCUT2D eigenvalue weighted by Crippen LogP contribution is -2.13. The molecule has 3 aromatic rings. The van der Waals surface area contributed by atoms with Crippen LogP contribution in [0.2, 0.25) is 5.02 Å². The number of rotatable bonds is 4. The van der Waals surface area contributed by atoms with Crippen molar-refractivity contribution in [1.82, 2.24) is 4.98 Å². The summed E-state index contributed by atoms with van der Waals surface area (Å²) in [6, 6.07) is 8.96. The maximum absolute atomic E-state index is 13.3. The van der Waals surface area contributed by atoms with E-state index in [1.165, 1.54) is 26.4 Å². The number of hydrogen-bond acceptors (Lipinski definition) is 3. The summed E-state index contributed by atoms with van der Waals surface area (Å²) in [5.41, 5.74) is 1.38. The summed E-state index contributed by atoms with van der Waals surface area (Å²) >= 11 is 6.04. The van der Waals surface area contributed by atoms with Crippen LogP contribution in [0.3, 0.4) is 0 Å². The van der Waals surface area contributed by atoms with Crippen molar-refractivity contribution < 1.29 is 18.7 Å². The number of hydrogen-bond donors (Lipinski definition) is 2. The summed E-state index contributed by atoms with van der Waals surface area (Å²) < 4.78 is 23.6. The van der Waals surface area contributed by atoms with Gasteiger partial charge in [0, 0.05) is 23.0 Å². The Kier molecular flexibility index (Phi) is 4.31. The van der Waals surface area contributed by atoms with Crippen molar-refractivity contribution >= 4 is 34.1 Å². The van der Waals surface area contributed by atoms with Crippen molar-refractivity contribution in [2.24, 2.45) is 0 Å². The summed E-state index contributed by atoms with van der Waals surface area (Å²) in [7, 11) is 2.95. The van der Waals surface area contributed by atoms with Gasteiger partial charge >= 0.3 is 0 Å². The van der Waals surface area contributed by atoms with E-state index < -0.39 is 5.91 Å². The number of benzene rings is 2. The molecule has 24 heavy (non-hydrogen) atoms. The number of carbonyl (C=O) groups excluding carboxylic acids is 1. The summed E-state index contributed by atoms with van der Waals surface area (Å²) in [4.78, 5) is 15.4. The molecule has 0 radical (unpaired) electrons. The zero-order chi connectivity index (χ0) is 17.3. The van der Waals surface area contributed by atoms with Gasteiger partial charge in [0.25, 0.3) is 5.91 Å². The fourth-order valence-corrected chi connectivity index (χ4v) is 2.60. The van der Waals surface area contributed by atoms with Crippen molar-refractivity contribution in [3.63, 3.8) is 0 Å². The maximum Gasteiger partial charge on any atom is 0.272 e. The highest BCUT2D eigenvalue weighted by molar-refractivity contribution is 6.32. The molecule has 0 bridgehead atoms. The highest BCUT2D eigenvalue weighted by atomic mass is 35.5.